The summed E-state index contributed by atoms with van der Waals surface area (Å²) in [6, 6.07) is 19.7. The smallest absolute Gasteiger partial charge is 0.475 e. The largest absolute Gasteiger partial charge is 0.490 e. The number of hydrogen-bond acceptors (Lipinski definition) is 7. The fraction of sp³-hybridized carbons (Fsp3) is 0.345. The molecule has 4 N–H and O–H groups in total. The third kappa shape index (κ3) is 11.8. The van der Waals surface area contributed by atoms with Gasteiger partial charge in [0.2, 0.25) is 16.9 Å². The SMILES string of the molecule is O=C(/C=C/[C@H](CCc1ccccc1)NC(=O)[C@@H]1CCCCN1)Nc1nnc(Cc2ccccc2)s1.O=C(O)C(F)(F)F. The molecule has 2 amide bonds. The predicted molar refractivity (Wildman–Crippen MR) is 153 cm³/mol. The number of aryl methyl sites for hydroxylation is 1. The quantitative estimate of drug-likeness (QED) is 0.251. The van der Waals surface area contributed by atoms with Crippen LogP contribution in [0.15, 0.2) is 72.8 Å². The standard InChI is InChI=1S/C27H31N5O2S.C2HF3O2/c33-24(30-27-32-31-25(35-27)19-21-11-5-2-6-12-21)17-16-22(15-14-20-9-3-1-4-10-20)29-26(34)23-13-7-8-18-28-23;3-2(4,5)1(6)7/h1-6,9-12,16-17,22-23,28H,7-8,13-15,18-19H2,(H,29,34)(H,30,32,33);(H,6,7)/b17-16+;/t22-,23-;/m0./s1. The van der Waals surface area contributed by atoms with Crippen LogP contribution in [-0.4, -0.2) is 57.9 Å². The first-order valence-corrected chi connectivity index (χ1v) is 14.1. The van der Waals surface area contributed by atoms with Crippen LogP contribution in [0.25, 0.3) is 0 Å². The molecule has 9 nitrogen and oxygen atoms in total. The maximum Gasteiger partial charge on any atom is 0.490 e. The molecule has 0 saturated carbocycles. The monoisotopic (exact) mass is 603 g/mol. The van der Waals surface area contributed by atoms with Gasteiger partial charge in [0.1, 0.15) is 5.01 Å². The molecule has 0 bridgehead atoms. The number of anilines is 1. The Balaban J connectivity index is 0.000000616. The molecule has 3 aromatic rings. The van der Waals surface area contributed by atoms with Crippen LogP contribution in [0.3, 0.4) is 0 Å². The molecule has 4 rings (SSSR count). The molecule has 0 aliphatic carbocycles. The summed E-state index contributed by atoms with van der Waals surface area (Å²) in [6.07, 6.45) is 3.32. The number of carboxylic acid groups (broad SMARTS) is 1. The van der Waals surface area contributed by atoms with E-state index in [0.717, 1.165) is 42.8 Å². The number of benzene rings is 2. The van der Waals surface area contributed by atoms with Crippen molar-refractivity contribution in [1.29, 1.82) is 0 Å². The maximum atomic E-state index is 12.8. The van der Waals surface area contributed by atoms with E-state index in [1.807, 2.05) is 48.5 Å². The highest BCUT2D eigenvalue weighted by molar-refractivity contribution is 7.15. The first-order chi connectivity index (χ1) is 20.1. The number of amides is 2. The third-order valence-corrected chi connectivity index (χ3v) is 7.00. The van der Waals surface area contributed by atoms with Crippen molar-refractivity contribution in [3.05, 3.63) is 89.0 Å². The number of halogens is 3. The highest BCUT2D eigenvalue weighted by atomic mass is 32.1. The van der Waals surface area contributed by atoms with Crippen molar-refractivity contribution in [2.24, 2.45) is 0 Å². The number of aliphatic carboxylic acids is 1. The molecule has 1 aromatic heterocycles. The molecule has 0 radical (unpaired) electrons. The van der Waals surface area contributed by atoms with Gasteiger partial charge in [0.05, 0.1) is 6.04 Å². The minimum Gasteiger partial charge on any atom is -0.475 e. The minimum atomic E-state index is -5.08. The number of rotatable bonds is 10. The zero-order valence-electron chi connectivity index (χ0n) is 22.6. The number of alkyl halides is 3. The van der Waals surface area contributed by atoms with Crippen LogP contribution in [0.4, 0.5) is 18.3 Å². The highest BCUT2D eigenvalue weighted by Crippen LogP contribution is 2.19. The number of aromatic nitrogens is 2. The Morgan fingerprint density at radius 2 is 1.67 bits per heavy atom. The van der Waals surface area contributed by atoms with Crippen molar-refractivity contribution in [3.8, 4) is 0 Å². The van der Waals surface area contributed by atoms with Crippen LogP contribution in [0.5, 0.6) is 0 Å². The van der Waals surface area contributed by atoms with Gasteiger partial charge >= 0.3 is 12.1 Å². The summed E-state index contributed by atoms with van der Waals surface area (Å²) < 4.78 is 31.7. The Labute approximate surface area is 245 Å². The van der Waals surface area contributed by atoms with Gasteiger partial charge in [-0.25, -0.2) is 4.79 Å². The van der Waals surface area contributed by atoms with Crippen LogP contribution < -0.4 is 16.0 Å². The summed E-state index contributed by atoms with van der Waals surface area (Å²) >= 11 is 1.36. The summed E-state index contributed by atoms with van der Waals surface area (Å²) in [6.45, 7) is 0.860. The molecule has 1 saturated heterocycles. The fourth-order valence-electron chi connectivity index (χ4n) is 4.04. The van der Waals surface area contributed by atoms with Crippen LogP contribution in [-0.2, 0) is 27.2 Å². The Kier molecular flexibility index (Phi) is 12.6. The second-order valence-corrected chi connectivity index (χ2v) is 10.5. The molecule has 2 heterocycles. The number of nitrogens with one attached hydrogen (secondary N) is 3. The molecule has 13 heteroatoms. The van der Waals surface area contributed by atoms with Gasteiger partial charge < -0.3 is 15.7 Å². The van der Waals surface area contributed by atoms with Gasteiger partial charge in [0.15, 0.2) is 0 Å². The van der Waals surface area contributed by atoms with Gasteiger partial charge in [0.25, 0.3) is 0 Å². The van der Waals surface area contributed by atoms with E-state index >= 15 is 0 Å². The third-order valence-electron chi connectivity index (χ3n) is 6.16. The molecular weight excluding hydrogens is 571 g/mol. The molecule has 224 valence electrons. The normalized spacial score (nSPS) is 15.7. The summed E-state index contributed by atoms with van der Waals surface area (Å²) in [5.41, 5.74) is 2.34. The lowest BCUT2D eigenvalue weighted by atomic mass is 10.0. The highest BCUT2D eigenvalue weighted by Gasteiger charge is 2.38. The molecule has 1 fully saturated rings. The van der Waals surface area contributed by atoms with Crippen molar-refractivity contribution in [2.45, 2.75) is 56.8 Å². The van der Waals surface area contributed by atoms with Gasteiger partial charge in [-0.3, -0.25) is 14.9 Å². The Morgan fingerprint density at radius 1 is 1.02 bits per heavy atom. The summed E-state index contributed by atoms with van der Waals surface area (Å²) in [4.78, 5) is 34.2. The lowest BCUT2D eigenvalue weighted by molar-refractivity contribution is -0.192. The average Bonchev–Trinajstić information content (AvgIpc) is 3.42. The fourth-order valence-corrected chi connectivity index (χ4v) is 4.82. The molecular formula is C29H32F3N5O4S. The van der Waals surface area contributed by atoms with Crippen molar-refractivity contribution < 1.29 is 32.7 Å². The lowest BCUT2D eigenvalue weighted by Gasteiger charge is -2.25. The van der Waals surface area contributed by atoms with E-state index in [9.17, 15) is 22.8 Å². The molecule has 2 aromatic carbocycles. The van der Waals surface area contributed by atoms with Gasteiger partial charge in [-0.05, 0) is 43.4 Å². The van der Waals surface area contributed by atoms with Gasteiger partial charge in [-0.2, -0.15) is 13.2 Å². The zero-order chi connectivity index (χ0) is 30.4. The summed E-state index contributed by atoms with van der Waals surface area (Å²) in [5.74, 6) is -3.06. The predicted octanol–water partition coefficient (Wildman–Crippen LogP) is 4.52. The van der Waals surface area contributed by atoms with E-state index < -0.39 is 12.1 Å². The number of carboxylic acids is 1. The first-order valence-electron chi connectivity index (χ1n) is 13.3. The van der Waals surface area contributed by atoms with E-state index in [0.29, 0.717) is 18.0 Å². The lowest BCUT2D eigenvalue weighted by Crippen LogP contribution is -2.49. The Morgan fingerprint density at radius 3 is 2.26 bits per heavy atom. The number of carbonyl (C=O) groups is 3. The van der Waals surface area contributed by atoms with E-state index in [1.54, 1.807) is 6.08 Å². The van der Waals surface area contributed by atoms with E-state index in [-0.39, 0.29) is 23.9 Å². The molecule has 2 atom stereocenters. The number of piperidine rings is 1. The minimum absolute atomic E-state index is 0.0116. The number of nitrogens with zero attached hydrogens (tertiary/aromatic N) is 2. The molecule has 1 aliphatic rings. The first kappa shape index (κ1) is 32.4. The van der Waals surface area contributed by atoms with E-state index in [1.165, 1.54) is 23.0 Å². The van der Waals surface area contributed by atoms with Gasteiger partial charge in [0, 0.05) is 18.5 Å². The van der Waals surface area contributed by atoms with Gasteiger partial charge in [-0.15, -0.1) is 10.2 Å². The van der Waals surface area contributed by atoms with Crippen molar-refractivity contribution in [3.63, 3.8) is 0 Å². The second-order valence-electron chi connectivity index (χ2n) is 9.46. The van der Waals surface area contributed by atoms with Crippen LogP contribution in [0.1, 0.15) is 41.8 Å². The Bertz CT molecular complexity index is 1310. The summed E-state index contributed by atoms with van der Waals surface area (Å²) in [5, 5.41) is 25.9. The van der Waals surface area contributed by atoms with Gasteiger partial charge in [-0.1, -0.05) is 84.5 Å². The number of hydrogen-bond donors (Lipinski definition) is 4. The number of carbonyl (C=O) groups excluding carboxylic acids is 2. The van der Waals surface area contributed by atoms with Crippen molar-refractivity contribution in [2.75, 3.05) is 11.9 Å². The molecule has 1 aliphatic heterocycles. The van der Waals surface area contributed by atoms with Crippen LogP contribution >= 0.6 is 11.3 Å². The molecule has 0 unspecified atom stereocenters. The van der Waals surface area contributed by atoms with E-state index in [4.69, 9.17) is 9.90 Å². The maximum absolute atomic E-state index is 12.8. The topological polar surface area (TPSA) is 133 Å². The van der Waals surface area contributed by atoms with Crippen LogP contribution in [0, 0.1) is 0 Å². The van der Waals surface area contributed by atoms with Crippen molar-refractivity contribution in [1.82, 2.24) is 20.8 Å². The Hall–Kier alpha value is -4.10. The second kappa shape index (κ2) is 16.4. The average molecular weight is 604 g/mol. The van der Waals surface area contributed by atoms with E-state index in [2.05, 4.69) is 38.3 Å². The molecule has 42 heavy (non-hydrogen) atoms. The van der Waals surface area contributed by atoms with Crippen LogP contribution in [0.2, 0.25) is 0 Å². The molecule has 0 spiro atoms. The van der Waals surface area contributed by atoms with Crippen molar-refractivity contribution >= 4 is 34.3 Å². The summed E-state index contributed by atoms with van der Waals surface area (Å²) in [7, 11) is 0. The zero-order valence-corrected chi connectivity index (χ0v) is 23.5.